The van der Waals surface area contributed by atoms with Gasteiger partial charge >= 0.3 is 313 Å². The van der Waals surface area contributed by atoms with E-state index in [9.17, 15) is 16.4 Å². The van der Waals surface area contributed by atoms with Gasteiger partial charge in [0.15, 0.2) is 0 Å². The van der Waals surface area contributed by atoms with Crippen LogP contribution in [0.2, 0.25) is 0 Å². The first-order valence-electron chi connectivity index (χ1n) is 27.9. The Morgan fingerprint density at radius 3 is 1.33 bits per heavy atom. The van der Waals surface area contributed by atoms with Gasteiger partial charge in [0.2, 0.25) is 0 Å². The van der Waals surface area contributed by atoms with E-state index in [1.165, 1.54) is 0 Å². The quantitative estimate of drug-likeness (QED) is 0.226. The zero-order valence-corrected chi connectivity index (χ0v) is 25.0. The van der Waals surface area contributed by atoms with Gasteiger partial charge in [0, 0.05) is 0 Å². The minimum atomic E-state index is -7.33. The van der Waals surface area contributed by atoms with Gasteiger partial charge in [-0.25, -0.2) is 0 Å². The predicted molar refractivity (Wildman–Crippen MR) is 193 cm³/mol. The zero-order chi connectivity index (χ0) is 55.7. The second-order valence-electron chi connectivity index (χ2n) is 9.82. The maximum atomic E-state index is 10.2. The summed E-state index contributed by atoms with van der Waals surface area (Å²) in [7, 11) is 0. The number of hydrogen-bond acceptors (Lipinski definition) is 2. The van der Waals surface area contributed by atoms with Crippen LogP contribution in [0.25, 0.3) is 11.1 Å². The van der Waals surface area contributed by atoms with Crippen molar-refractivity contribution in [1.29, 1.82) is 0 Å². The summed E-state index contributed by atoms with van der Waals surface area (Å²) < 4.78 is 271. The maximum absolute atomic E-state index is 10.2. The van der Waals surface area contributed by atoms with E-state index >= 15 is 0 Å². The van der Waals surface area contributed by atoms with Crippen molar-refractivity contribution in [2.24, 2.45) is 0 Å². The second-order valence-corrected chi connectivity index (χ2v) is 17.2. The third kappa shape index (κ3) is 4.19. The monoisotopic (exact) mass is 679 g/mol. The summed E-state index contributed by atoms with van der Waals surface area (Å²) >= 11 is -7.33. The Hall–Kier alpha value is -5.25. The van der Waals surface area contributed by atoms with Crippen LogP contribution in [0, 0.1) is 0 Å². The van der Waals surface area contributed by atoms with Crippen LogP contribution in [0.4, 0.5) is 0 Å². The Morgan fingerprint density at radius 1 is 0.391 bits per heavy atom. The molecule has 216 valence electrons. The molecule has 0 fully saturated rings. The van der Waals surface area contributed by atoms with E-state index in [2.05, 4.69) is 0 Å². The molecule has 0 aromatic heterocycles. The van der Waals surface area contributed by atoms with E-state index in [4.69, 9.17) is 32.8 Å². The molecule has 0 saturated carbocycles. The molecule has 0 unspecified atom stereocenters. The molecule has 0 radical (unpaired) electrons. The van der Waals surface area contributed by atoms with Gasteiger partial charge in [0.1, 0.15) is 0 Å². The van der Waals surface area contributed by atoms with Crippen molar-refractivity contribution < 1.29 is 49.2 Å². The first kappa shape index (κ1) is 10.7. The Morgan fingerprint density at radius 2 is 0.826 bits per heavy atom. The number of ether oxygens (including phenoxy) is 2. The average Bonchev–Trinajstić information content (AvgIpc) is 3.40. The Kier molecular flexibility index (Phi) is 2.54. The minimum absolute atomic E-state index is 0.415. The molecule has 0 N–H and O–H groups in total. The van der Waals surface area contributed by atoms with Crippen molar-refractivity contribution in [3.05, 3.63) is 175 Å². The van der Waals surface area contributed by atoms with Crippen molar-refractivity contribution in [3.63, 3.8) is 0 Å². The fourth-order valence-corrected chi connectivity index (χ4v) is 13.1. The van der Waals surface area contributed by atoms with E-state index in [1.54, 1.807) is 0 Å². The number of hydrogen-bond donors (Lipinski definition) is 0. The van der Waals surface area contributed by atoms with Crippen LogP contribution in [-0.2, 0) is 0 Å². The van der Waals surface area contributed by atoms with Crippen LogP contribution in [0.3, 0.4) is 0 Å². The zero-order valence-electron chi connectivity index (χ0n) is 51.9. The molecule has 0 saturated heterocycles. The van der Waals surface area contributed by atoms with Crippen LogP contribution in [-0.4, -0.2) is 20.0 Å². The SMILES string of the molecule is [2H]c1c([2H])c([2H])[c]([Ge]([c]2c([2H])c([2H])c([2H])c([2H])c2[2H])([c]2c([2H])c([2H])c([2H])c([2H])c2[2H])[c]2c([2H])c([2H])c([2H])c(-c3c([2H])c4c5c(c3[2H])Oc3c([2H])c([2H])c([2H])c([2H])c3B5c3c([2H])c([2H])c([2H])c([2H])c3O4)c2[2H])c([2H])c1[2H]. The van der Waals surface area contributed by atoms with Gasteiger partial charge in [-0.05, 0) is 0 Å². The van der Waals surface area contributed by atoms with Gasteiger partial charge in [-0.1, -0.05) is 0 Å². The topological polar surface area (TPSA) is 18.5 Å². The van der Waals surface area contributed by atoms with E-state index in [-0.39, 0.29) is 0 Å². The molecule has 0 spiro atoms. The predicted octanol–water partition coefficient (Wildman–Crippen LogP) is 5.46. The summed E-state index contributed by atoms with van der Waals surface area (Å²) in [6.07, 6.45) is 0. The van der Waals surface area contributed by atoms with Gasteiger partial charge in [-0.2, -0.15) is 0 Å². The first-order chi connectivity index (χ1) is 34.9. The molecule has 46 heavy (non-hydrogen) atoms. The molecule has 0 amide bonds. The number of fused-ring (bicyclic) bond motifs is 4. The first-order valence-corrected chi connectivity index (χ1v) is 17.6. The number of para-hydroxylation sites is 2. The van der Waals surface area contributed by atoms with Crippen LogP contribution in [0.1, 0.15) is 39.8 Å². The third-order valence-electron chi connectivity index (χ3n) is 7.48. The molecule has 0 atom stereocenters. The summed E-state index contributed by atoms with van der Waals surface area (Å²) in [5.41, 5.74) is -3.30. The summed E-state index contributed by atoms with van der Waals surface area (Å²) in [5.74, 6) is -2.87. The molecule has 4 heteroatoms. The Bertz CT molecular complexity index is 3510. The van der Waals surface area contributed by atoms with Gasteiger partial charge in [-0.3, -0.25) is 0 Å². The van der Waals surface area contributed by atoms with E-state index in [1.807, 2.05) is 0 Å². The van der Waals surface area contributed by atoms with E-state index < -0.39 is 263 Å². The fourth-order valence-electron chi connectivity index (χ4n) is 5.59. The van der Waals surface area contributed by atoms with Crippen molar-refractivity contribution in [3.8, 4) is 34.1 Å². The van der Waals surface area contributed by atoms with Crippen molar-refractivity contribution in [1.82, 2.24) is 0 Å². The van der Waals surface area contributed by atoms with Crippen LogP contribution < -0.4 is 43.4 Å². The van der Waals surface area contributed by atoms with E-state index in [0.717, 1.165) is 0 Å². The normalized spacial score (nSPS) is 21.5. The standard InChI is InChI=1S/C42H29BGeO2/c1-4-16-32(17-5-1)44(33-18-6-2-7-19-33,34-20-8-3-9-21-34)35-22-14-15-30(27-35)31-28-40-42-41(29-31)46-39-26-13-11-24-37(39)43(42)36-23-10-12-25-38(36)45-40/h1-29H/i1D,2D,3D,4D,5D,6D,7D,8D,9D,10D,11D,12D,13D,14D,15D,16D,17D,18D,19D,20D,21D,22D,23D,24D,25D,26D,27D,28D,29D. The summed E-state index contributed by atoms with van der Waals surface area (Å²) in [6.45, 7) is -1.73. The molecule has 7 aromatic rings. The summed E-state index contributed by atoms with van der Waals surface area (Å²) in [6, 6.07) is -31.7. The molecule has 2 heterocycles. The molecular formula is C42H29BGeO2. The molecule has 2 aliphatic rings. The number of rotatable bonds is 5. The molecule has 2 aliphatic heterocycles. The van der Waals surface area contributed by atoms with Crippen molar-refractivity contribution in [2.45, 2.75) is 0 Å². The molecular weight excluding hydrogens is 620 g/mol. The Balaban J connectivity index is 1.58. The molecule has 9 rings (SSSR count). The average molecular weight is 678 g/mol. The molecule has 2 nitrogen and oxygen atoms in total. The summed E-state index contributed by atoms with van der Waals surface area (Å²) in [5, 5.41) is 0. The summed E-state index contributed by atoms with van der Waals surface area (Å²) in [4.78, 5) is 0. The number of benzene rings is 7. The van der Waals surface area contributed by atoms with Gasteiger partial charge in [0.05, 0.1) is 0 Å². The third-order valence-corrected chi connectivity index (χ3v) is 15.9. The van der Waals surface area contributed by atoms with Gasteiger partial charge in [-0.15, -0.1) is 0 Å². The van der Waals surface area contributed by atoms with Gasteiger partial charge in [0.25, 0.3) is 0 Å². The molecule has 0 aliphatic carbocycles. The van der Waals surface area contributed by atoms with Crippen LogP contribution >= 0.6 is 0 Å². The molecule has 7 aromatic carbocycles. The molecule has 0 bridgehead atoms. The second kappa shape index (κ2) is 11.0. The van der Waals surface area contributed by atoms with Crippen LogP contribution in [0.5, 0.6) is 23.0 Å². The van der Waals surface area contributed by atoms with Gasteiger partial charge < -0.3 is 0 Å². The van der Waals surface area contributed by atoms with Crippen molar-refractivity contribution in [2.75, 3.05) is 0 Å². The van der Waals surface area contributed by atoms with E-state index in [0.29, 0.717) is 0 Å². The fraction of sp³-hybridized carbons (Fsp3) is 0. The van der Waals surface area contributed by atoms with Crippen molar-refractivity contribution >= 4 is 54.0 Å². The Labute approximate surface area is 313 Å². The van der Waals surface area contributed by atoms with Crippen LogP contribution in [0.15, 0.2) is 175 Å².